The fraction of sp³-hybridized carbons (Fsp3) is 0.458. The molecule has 6 nitrogen and oxygen atoms in total. The van der Waals surface area contributed by atoms with Gasteiger partial charge in [0.05, 0.1) is 19.9 Å². The van der Waals surface area contributed by atoms with Crippen molar-refractivity contribution in [1.82, 2.24) is 10.6 Å². The molecule has 1 aliphatic heterocycles. The zero-order valence-electron chi connectivity index (χ0n) is 18.6. The first-order valence-corrected chi connectivity index (χ1v) is 10.6. The highest BCUT2D eigenvalue weighted by atomic mass is 16.5. The molecule has 1 unspecified atom stereocenters. The van der Waals surface area contributed by atoms with Gasteiger partial charge in [0.15, 0.2) is 5.96 Å². The first-order chi connectivity index (χ1) is 14.6. The summed E-state index contributed by atoms with van der Waals surface area (Å²) in [6.07, 6.45) is 2.04. The van der Waals surface area contributed by atoms with E-state index in [9.17, 15) is 0 Å². The summed E-state index contributed by atoms with van der Waals surface area (Å²) in [5.41, 5.74) is 3.63. The monoisotopic (exact) mass is 410 g/mol. The van der Waals surface area contributed by atoms with E-state index < -0.39 is 0 Å². The second kappa shape index (κ2) is 10.8. The summed E-state index contributed by atoms with van der Waals surface area (Å²) in [5, 5.41) is 6.91. The molecule has 1 fully saturated rings. The van der Waals surface area contributed by atoms with Crippen molar-refractivity contribution in [3.63, 3.8) is 0 Å². The topological polar surface area (TPSA) is 58.1 Å². The molecule has 1 aliphatic rings. The number of ether oxygens (including phenoxy) is 2. The van der Waals surface area contributed by atoms with Crippen LogP contribution < -0.4 is 25.0 Å². The van der Waals surface area contributed by atoms with Crippen LogP contribution in [0.4, 0.5) is 5.69 Å². The summed E-state index contributed by atoms with van der Waals surface area (Å²) in [5.74, 6) is 3.30. The minimum Gasteiger partial charge on any atom is -0.496 e. The number of aliphatic imine (C=N–C) groups is 1. The van der Waals surface area contributed by atoms with Crippen molar-refractivity contribution in [2.75, 3.05) is 52.3 Å². The summed E-state index contributed by atoms with van der Waals surface area (Å²) < 4.78 is 11.0. The number of nitrogens with zero attached hydrogens (tertiary/aromatic N) is 2. The van der Waals surface area contributed by atoms with Crippen LogP contribution in [0.15, 0.2) is 47.5 Å². The van der Waals surface area contributed by atoms with Gasteiger partial charge in [-0.15, -0.1) is 0 Å². The van der Waals surface area contributed by atoms with Crippen molar-refractivity contribution in [2.45, 2.75) is 19.8 Å². The van der Waals surface area contributed by atoms with Crippen molar-refractivity contribution >= 4 is 11.6 Å². The van der Waals surface area contributed by atoms with E-state index in [1.54, 1.807) is 14.2 Å². The van der Waals surface area contributed by atoms with Gasteiger partial charge in [-0.05, 0) is 49.4 Å². The predicted octanol–water partition coefficient (Wildman–Crippen LogP) is 3.25. The average molecular weight is 411 g/mol. The number of methoxy groups -OCH3 is 2. The Morgan fingerprint density at radius 1 is 1.10 bits per heavy atom. The normalized spacial score (nSPS) is 16.5. The molecule has 0 radical (unpaired) electrons. The lowest BCUT2D eigenvalue weighted by molar-refractivity contribution is 0.409. The molecule has 3 rings (SSSR count). The van der Waals surface area contributed by atoms with Crippen LogP contribution in [0.2, 0.25) is 0 Å². The van der Waals surface area contributed by atoms with Crippen LogP contribution in [-0.2, 0) is 6.42 Å². The molecule has 0 bridgehead atoms. The van der Waals surface area contributed by atoms with E-state index in [-0.39, 0.29) is 0 Å². The maximum atomic E-state index is 5.52. The third-order valence-electron chi connectivity index (χ3n) is 5.62. The summed E-state index contributed by atoms with van der Waals surface area (Å²) >= 11 is 0. The van der Waals surface area contributed by atoms with E-state index in [0.29, 0.717) is 5.92 Å². The second-order valence-corrected chi connectivity index (χ2v) is 7.72. The van der Waals surface area contributed by atoms with Gasteiger partial charge in [-0.3, -0.25) is 4.99 Å². The first kappa shape index (κ1) is 21.8. The summed E-state index contributed by atoms with van der Waals surface area (Å²) in [4.78, 5) is 6.78. The highest BCUT2D eigenvalue weighted by molar-refractivity contribution is 5.79. The molecule has 30 heavy (non-hydrogen) atoms. The molecule has 1 atom stereocenters. The number of benzene rings is 2. The molecule has 1 saturated heterocycles. The van der Waals surface area contributed by atoms with Crippen LogP contribution in [0, 0.1) is 12.8 Å². The van der Waals surface area contributed by atoms with Gasteiger partial charge in [0.2, 0.25) is 0 Å². The fourth-order valence-corrected chi connectivity index (χ4v) is 3.99. The van der Waals surface area contributed by atoms with E-state index >= 15 is 0 Å². The number of hydrogen-bond acceptors (Lipinski definition) is 4. The van der Waals surface area contributed by atoms with Gasteiger partial charge in [-0.2, -0.15) is 0 Å². The first-order valence-electron chi connectivity index (χ1n) is 10.6. The number of nitrogens with one attached hydrogen (secondary N) is 2. The van der Waals surface area contributed by atoms with Gasteiger partial charge in [-0.1, -0.05) is 29.8 Å². The molecule has 1 heterocycles. The summed E-state index contributed by atoms with van der Waals surface area (Å²) in [6, 6.07) is 14.5. The summed E-state index contributed by atoms with van der Waals surface area (Å²) in [6.45, 7) is 5.88. The van der Waals surface area contributed by atoms with Crippen LogP contribution in [0.25, 0.3) is 0 Å². The average Bonchev–Trinajstić information content (AvgIpc) is 3.25. The quantitative estimate of drug-likeness (QED) is 0.517. The van der Waals surface area contributed by atoms with Gasteiger partial charge in [0.1, 0.15) is 11.5 Å². The van der Waals surface area contributed by atoms with Gasteiger partial charge < -0.3 is 25.0 Å². The zero-order chi connectivity index (χ0) is 21.3. The highest BCUT2D eigenvalue weighted by Crippen LogP contribution is 2.31. The Balaban J connectivity index is 1.45. The van der Waals surface area contributed by atoms with E-state index in [2.05, 4.69) is 51.7 Å². The minimum atomic E-state index is 0.574. The maximum Gasteiger partial charge on any atom is 0.190 e. The Morgan fingerprint density at radius 2 is 1.90 bits per heavy atom. The molecule has 2 N–H and O–H groups in total. The standard InChI is InChI=1S/C24H34N4O2/c1-18-9-10-22(29-3)20(15-18)11-13-26-24(25-2)27-16-19-12-14-28(17-19)21-7-5-6-8-23(21)30-4/h5-10,15,19H,11-14,16-17H2,1-4H3,(H2,25,26,27). The van der Waals surface area contributed by atoms with Crippen molar-refractivity contribution in [2.24, 2.45) is 10.9 Å². The SMILES string of the molecule is CN=C(NCCc1cc(C)ccc1OC)NCC1CCN(c2ccccc2OC)C1. The Hall–Kier alpha value is -2.89. The van der Waals surface area contributed by atoms with Crippen LogP contribution in [0.1, 0.15) is 17.5 Å². The molecule has 0 aliphatic carbocycles. The molecule has 2 aromatic carbocycles. The predicted molar refractivity (Wildman–Crippen MR) is 124 cm³/mol. The third kappa shape index (κ3) is 5.59. The molecule has 2 aromatic rings. The van der Waals surface area contributed by atoms with Gasteiger partial charge in [0.25, 0.3) is 0 Å². The number of guanidine groups is 1. The van der Waals surface area contributed by atoms with E-state index in [0.717, 1.165) is 56.5 Å². The maximum absolute atomic E-state index is 5.52. The Kier molecular flexibility index (Phi) is 7.82. The van der Waals surface area contributed by atoms with Crippen molar-refractivity contribution in [1.29, 1.82) is 0 Å². The molecular weight excluding hydrogens is 376 g/mol. The fourth-order valence-electron chi connectivity index (χ4n) is 3.99. The minimum absolute atomic E-state index is 0.574. The molecular formula is C24H34N4O2. The smallest absolute Gasteiger partial charge is 0.190 e. The molecule has 0 amide bonds. The van der Waals surface area contributed by atoms with Gasteiger partial charge >= 0.3 is 0 Å². The number of anilines is 1. The lowest BCUT2D eigenvalue weighted by Crippen LogP contribution is -2.41. The van der Waals surface area contributed by atoms with Crippen LogP contribution in [-0.4, -0.2) is 53.4 Å². The van der Waals surface area contributed by atoms with Gasteiger partial charge in [-0.25, -0.2) is 0 Å². The summed E-state index contributed by atoms with van der Waals surface area (Å²) in [7, 11) is 5.27. The van der Waals surface area contributed by atoms with E-state index in [4.69, 9.17) is 9.47 Å². The Labute approximate surface area is 180 Å². The Morgan fingerprint density at radius 3 is 2.67 bits per heavy atom. The molecule has 162 valence electrons. The molecule has 6 heteroatoms. The lowest BCUT2D eigenvalue weighted by Gasteiger charge is -2.21. The van der Waals surface area contributed by atoms with Crippen LogP contribution in [0.3, 0.4) is 0 Å². The lowest BCUT2D eigenvalue weighted by atomic mass is 10.1. The van der Waals surface area contributed by atoms with Gasteiger partial charge in [0, 0.05) is 33.2 Å². The van der Waals surface area contributed by atoms with E-state index in [1.165, 1.54) is 16.8 Å². The largest absolute Gasteiger partial charge is 0.496 e. The number of para-hydroxylation sites is 2. The Bertz CT molecular complexity index is 853. The second-order valence-electron chi connectivity index (χ2n) is 7.72. The van der Waals surface area contributed by atoms with E-state index in [1.807, 2.05) is 25.2 Å². The number of hydrogen-bond donors (Lipinski definition) is 2. The molecule has 0 spiro atoms. The third-order valence-corrected chi connectivity index (χ3v) is 5.62. The highest BCUT2D eigenvalue weighted by Gasteiger charge is 2.24. The number of aryl methyl sites for hydroxylation is 1. The zero-order valence-corrected chi connectivity index (χ0v) is 18.6. The number of rotatable bonds is 8. The molecule has 0 aromatic heterocycles. The van der Waals surface area contributed by atoms with Crippen molar-refractivity contribution in [3.8, 4) is 11.5 Å². The van der Waals surface area contributed by atoms with Crippen LogP contribution >= 0.6 is 0 Å². The van der Waals surface area contributed by atoms with Crippen molar-refractivity contribution < 1.29 is 9.47 Å². The van der Waals surface area contributed by atoms with Crippen LogP contribution in [0.5, 0.6) is 11.5 Å². The molecule has 0 saturated carbocycles. The van der Waals surface area contributed by atoms with Crippen molar-refractivity contribution in [3.05, 3.63) is 53.6 Å².